The summed E-state index contributed by atoms with van der Waals surface area (Å²) in [4.78, 5) is 17.2. The van der Waals surface area contributed by atoms with Gasteiger partial charge in [0, 0.05) is 44.5 Å². The number of halogens is 1. The largest absolute Gasteiger partial charge is 0.337 e. The Hall–Kier alpha value is -2.21. The van der Waals surface area contributed by atoms with Crippen LogP contribution in [0.15, 0.2) is 30.5 Å². The van der Waals surface area contributed by atoms with Crippen LogP contribution in [0.25, 0.3) is 0 Å². The summed E-state index contributed by atoms with van der Waals surface area (Å²) in [5.41, 5.74) is 2.73. The van der Waals surface area contributed by atoms with Crippen LogP contribution in [-0.4, -0.2) is 51.7 Å². The quantitative estimate of drug-likeness (QED) is 0.842. The minimum absolute atomic E-state index is 0.0676. The second kappa shape index (κ2) is 7.99. The minimum Gasteiger partial charge on any atom is -0.337 e. The van der Waals surface area contributed by atoms with Gasteiger partial charge in [0.05, 0.1) is 11.8 Å². The highest BCUT2D eigenvalue weighted by molar-refractivity contribution is 5.95. The molecule has 0 spiro atoms. The van der Waals surface area contributed by atoms with E-state index in [1.54, 1.807) is 6.20 Å². The Balaban J connectivity index is 1.63. The maximum Gasteiger partial charge on any atom is 0.257 e. The van der Waals surface area contributed by atoms with E-state index >= 15 is 0 Å². The average molecular weight is 358 g/mol. The molecule has 0 aliphatic carbocycles. The first-order valence-electron chi connectivity index (χ1n) is 9.26. The fourth-order valence-electron chi connectivity index (χ4n) is 3.50. The van der Waals surface area contributed by atoms with Crippen LogP contribution in [0, 0.1) is 12.7 Å². The predicted octanol–water partition coefficient (Wildman–Crippen LogP) is 3.26. The second-order valence-electron chi connectivity index (χ2n) is 7.23. The second-order valence-corrected chi connectivity index (χ2v) is 7.23. The van der Waals surface area contributed by atoms with Crippen LogP contribution in [0.5, 0.6) is 0 Å². The van der Waals surface area contributed by atoms with Crippen molar-refractivity contribution in [1.82, 2.24) is 19.6 Å². The summed E-state index contributed by atoms with van der Waals surface area (Å²) in [6, 6.07) is 6.89. The SMILES string of the molecule is Cc1c(C(=O)N2CCCN(Cc3ccc(F)cc3)CC2)cnn1C(C)C. The summed E-state index contributed by atoms with van der Waals surface area (Å²) in [6.07, 6.45) is 2.63. The van der Waals surface area contributed by atoms with Gasteiger partial charge in [-0.25, -0.2) is 4.39 Å². The maximum absolute atomic E-state index is 13.1. The predicted molar refractivity (Wildman–Crippen MR) is 99.5 cm³/mol. The van der Waals surface area contributed by atoms with Gasteiger partial charge in [0.1, 0.15) is 5.82 Å². The molecule has 0 atom stereocenters. The zero-order valence-electron chi connectivity index (χ0n) is 15.8. The van der Waals surface area contributed by atoms with Crippen LogP contribution in [0.4, 0.5) is 4.39 Å². The fourth-order valence-corrected chi connectivity index (χ4v) is 3.50. The van der Waals surface area contributed by atoms with E-state index < -0.39 is 0 Å². The molecule has 0 saturated carbocycles. The Morgan fingerprint density at radius 2 is 1.88 bits per heavy atom. The molecule has 5 nitrogen and oxygen atoms in total. The number of nitrogens with zero attached hydrogens (tertiary/aromatic N) is 4. The molecule has 1 aromatic heterocycles. The van der Waals surface area contributed by atoms with Crippen molar-refractivity contribution in [3.05, 3.63) is 53.1 Å². The molecule has 0 radical (unpaired) electrons. The fraction of sp³-hybridized carbons (Fsp3) is 0.500. The van der Waals surface area contributed by atoms with E-state index in [2.05, 4.69) is 23.8 Å². The molecule has 1 amide bonds. The van der Waals surface area contributed by atoms with Crippen molar-refractivity contribution < 1.29 is 9.18 Å². The third kappa shape index (κ3) is 4.12. The van der Waals surface area contributed by atoms with Crippen LogP contribution in [-0.2, 0) is 6.54 Å². The Morgan fingerprint density at radius 3 is 2.54 bits per heavy atom. The summed E-state index contributed by atoms with van der Waals surface area (Å²) in [6.45, 7) is 10.1. The number of carbonyl (C=O) groups excluding carboxylic acids is 1. The van der Waals surface area contributed by atoms with E-state index in [1.165, 1.54) is 12.1 Å². The van der Waals surface area contributed by atoms with Crippen LogP contribution >= 0.6 is 0 Å². The van der Waals surface area contributed by atoms with Gasteiger partial charge >= 0.3 is 0 Å². The van der Waals surface area contributed by atoms with E-state index in [0.717, 1.165) is 43.9 Å². The normalized spacial score (nSPS) is 16.1. The standard InChI is InChI=1S/C20H27FN4O/c1-15(2)25-16(3)19(13-22-25)20(26)24-10-4-9-23(11-12-24)14-17-5-7-18(21)8-6-17/h5-8,13,15H,4,9-12,14H2,1-3H3. The monoisotopic (exact) mass is 358 g/mol. The molecule has 1 aromatic carbocycles. The van der Waals surface area contributed by atoms with Crippen molar-refractivity contribution in [2.45, 2.75) is 39.8 Å². The molecule has 1 aliphatic heterocycles. The van der Waals surface area contributed by atoms with Crippen molar-refractivity contribution in [3.63, 3.8) is 0 Å². The lowest BCUT2D eigenvalue weighted by Crippen LogP contribution is -2.35. The van der Waals surface area contributed by atoms with Crippen LogP contribution in [0.2, 0.25) is 0 Å². The number of aromatic nitrogens is 2. The minimum atomic E-state index is -0.210. The molecule has 1 fully saturated rings. The number of amides is 1. The summed E-state index contributed by atoms with van der Waals surface area (Å²) in [7, 11) is 0. The van der Waals surface area contributed by atoms with Gasteiger partial charge in [-0.2, -0.15) is 5.10 Å². The lowest BCUT2D eigenvalue weighted by atomic mass is 10.2. The van der Waals surface area contributed by atoms with Gasteiger partial charge in [-0.1, -0.05) is 12.1 Å². The van der Waals surface area contributed by atoms with E-state index in [1.807, 2.05) is 28.6 Å². The topological polar surface area (TPSA) is 41.4 Å². The number of hydrogen-bond acceptors (Lipinski definition) is 3. The lowest BCUT2D eigenvalue weighted by Gasteiger charge is -2.22. The maximum atomic E-state index is 13.1. The average Bonchev–Trinajstić information content (AvgIpc) is 2.85. The zero-order chi connectivity index (χ0) is 18.7. The van der Waals surface area contributed by atoms with Gasteiger partial charge in [-0.3, -0.25) is 14.4 Å². The van der Waals surface area contributed by atoms with Crippen LogP contribution in [0.1, 0.15) is 47.9 Å². The molecule has 0 N–H and O–H groups in total. The molecule has 1 aliphatic rings. The third-order valence-corrected chi connectivity index (χ3v) is 4.96. The molecule has 1 saturated heterocycles. The summed E-state index contributed by atoms with van der Waals surface area (Å²) >= 11 is 0. The molecule has 2 heterocycles. The molecular formula is C20H27FN4O. The Labute approximate surface area is 154 Å². The van der Waals surface area contributed by atoms with Crippen molar-refractivity contribution in [2.75, 3.05) is 26.2 Å². The lowest BCUT2D eigenvalue weighted by molar-refractivity contribution is 0.0760. The van der Waals surface area contributed by atoms with Gasteiger partial charge < -0.3 is 4.90 Å². The highest BCUT2D eigenvalue weighted by Gasteiger charge is 2.24. The van der Waals surface area contributed by atoms with Crippen LogP contribution in [0.3, 0.4) is 0 Å². The molecule has 3 rings (SSSR count). The molecule has 6 heteroatoms. The molecule has 0 bridgehead atoms. The van der Waals surface area contributed by atoms with E-state index in [9.17, 15) is 9.18 Å². The van der Waals surface area contributed by atoms with E-state index in [4.69, 9.17) is 0 Å². The van der Waals surface area contributed by atoms with Gasteiger partial charge in [0.25, 0.3) is 5.91 Å². The Bertz CT molecular complexity index is 754. The van der Waals surface area contributed by atoms with Crippen molar-refractivity contribution in [2.24, 2.45) is 0 Å². The molecular weight excluding hydrogens is 331 g/mol. The first-order chi connectivity index (χ1) is 12.5. The van der Waals surface area contributed by atoms with Gasteiger partial charge in [-0.15, -0.1) is 0 Å². The third-order valence-electron chi connectivity index (χ3n) is 4.96. The zero-order valence-corrected chi connectivity index (χ0v) is 15.8. The van der Waals surface area contributed by atoms with Crippen LogP contribution < -0.4 is 0 Å². The number of carbonyl (C=O) groups is 1. The first-order valence-corrected chi connectivity index (χ1v) is 9.26. The first kappa shape index (κ1) is 18.6. The van der Waals surface area contributed by atoms with Crippen molar-refractivity contribution in [1.29, 1.82) is 0 Å². The van der Waals surface area contributed by atoms with Gasteiger partial charge in [0.2, 0.25) is 0 Å². The smallest absolute Gasteiger partial charge is 0.257 e. The van der Waals surface area contributed by atoms with E-state index in [0.29, 0.717) is 12.1 Å². The van der Waals surface area contributed by atoms with E-state index in [-0.39, 0.29) is 17.8 Å². The highest BCUT2D eigenvalue weighted by atomic mass is 19.1. The van der Waals surface area contributed by atoms with Crippen molar-refractivity contribution >= 4 is 5.91 Å². The molecule has 26 heavy (non-hydrogen) atoms. The Morgan fingerprint density at radius 1 is 1.15 bits per heavy atom. The summed E-state index contributed by atoms with van der Waals surface area (Å²) in [5, 5.41) is 4.36. The number of hydrogen-bond donors (Lipinski definition) is 0. The van der Waals surface area contributed by atoms with Gasteiger partial charge in [0.15, 0.2) is 0 Å². The summed E-state index contributed by atoms with van der Waals surface area (Å²) in [5.74, 6) is -0.142. The van der Waals surface area contributed by atoms with Crippen molar-refractivity contribution in [3.8, 4) is 0 Å². The summed E-state index contributed by atoms with van der Waals surface area (Å²) < 4.78 is 14.9. The number of benzene rings is 1. The highest BCUT2D eigenvalue weighted by Crippen LogP contribution is 2.17. The molecule has 0 unspecified atom stereocenters. The molecule has 140 valence electrons. The number of rotatable bonds is 4. The Kier molecular flexibility index (Phi) is 5.71. The molecule has 2 aromatic rings. The van der Waals surface area contributed by atoms with Gasteiger partial charge in [-0.05, 0) is 44.9 Å².